The van der Waals surface area contributed by atoms with Crippen LogP contribution < -0.4 is 11.1 Å². The molecule has 1 heterocycles. The van der Waals surface area contributed by atoms with Crippen molar-refractivity contribution >= 4 is 86.3 Å². The number of halogens is 4. The number of nitrogens with one attached hydrogen (secondary N) is 1. The van der Waals surface area contributed by atoms with E-state index in [1.54, 1.807) is 12.1 Å². The van der Waals surface area contributed by atoms with Gasteiger partial charge in [0.15, 0.2) is 11.3 Å². The van der Waals surface area contributed by atoms with Gasteiger partial charge in [0, 0.05) is 25.5 Å². The van der Waals surface area contributed by atoms with Crippen molar-refractivity contribution in [3.05, 3.63) is 65.2 Å². The number of rotatable bonds is 2. The van der Waals surface area contributed by atoms with Gasteiger partial charge in [-0.1, -0.05) is 18.2 Å². The molecule has 9 heteroatoms. The third-order valence-electron chi connectivity index (χ3n) is 4.73. The van der Waals surface area contributed by atoms with E-state index in [-0.39, 0.29) is 5.36 Å². The first-order chi connectivity index (χ1) is 14.3. The maximum absolute atomic E-state index is 12.5. The van der Waals surface area contributed by atoms with Crippen LogP contribution in [0.25, 0.3) is 33.4 Å². The summed E-state index contributed by atoms with van der Waals surface area (Å²) in [6.45, 7) is 0. The molecule has 0 saturated heterocycles. The molecule has 0 spiro atoms. The molecular weight excluding hydrogens is 648 g/mol. The molecule has 2 aromatic carbocycles. The average molecular weight is 660 g/mol. The minimum atomic E-state index is -0.448. The number of fused-ring (bicyclic) bond motifs is 2. The maximum atomic E-state index is 12.5. The smallest absolute Gasteiger partial charge is 0.338 e. The number of anilines is 1. The SMILES string of the molecule is COC(=O)c1ccccc1-c1c2cc(Br)c(=N)c(Br)c-2oc2c(Br)c(N)c(Br)cc12. The van der Waals surface area contributed by atoms with E-state index < -0.39 is 5.97 Å². The van der Waals surface area contributed by atoms with E-state index in [1.165, 1.54) is 7.11 Å². The zero-order valence-electron chi connectivity index (χ0n) is 15.3. The number of methoxy groups -OCH3 is 1. The molecular formula is C21H12Br4N2O3. The van der Waals surface area contributed by atoms with Crippen LogP contribution in [0.15, 0.2) is 58.7 Å². The predicted molar refractivity (Wildman–Crippen MR) is 131 cm³/mol. The Morgan fingerprint density at radius 3 is 2.43 bits per heavy atom. The second kappa shape index (κ2) is 8.11. The molecule has 0 unspecified atom stereocenters. The third-order valence-corrected chi connectivity index (χ3v) is 7.55. The molecule has 0 fully saturated rings. The zero-order valence-corrected chi connectivity index (χ0v) is 21.6. The van der Waals surface area contributed by atoms with Gasteiger partial charge in [-0.3, -0.25) is 5.41 Å². The maximum Gasteiger partial charge on any atom is 0.338 e. The third kappa shape index (κ3) is 3.32. The lowest BCUT2D eigenvalue weighted by Gasteiger charge is -2.20. The molecule has 2 aliphatic rings. The van der Waals surface area contributed by atoms with Gasteiger partial charge in [-0.05, 0) is 87.5 Å². The van der Waals surface area contributed by atoms with Crippen molar-refractivity contribution in [1.82, 2.24) is 0 Å². The van der Waals surface area contributed by atoms with Gasteiger partial charge in [0.25, 0.3) is 0 Å². The lowest BCUT2D eigenvalue weighted by atomic mass is 9.90. The second-order valence-electron chi connectivity index (χ2n) is 6.40. The number of nitrogen functional groups attached to an aromatic ring is 1. The summed E-state index contributed by atoms with van der Waals surface area (Å²) in [6.07, 6.45) is 0. The lowest BCUT2D eigenvalue weighted by molar-refractivity contribution is 0.0601. The molecule has 3 N–H and O–H groups in total. The van der Waals surface area contributed by atoms with Gasteiger partial charge in [0.2, 0.25) is 0 Å². The summed E-state index contributed by atoms with van der Waals surface area (Å²) >= 11 is 14.0. The Labute approximate surface area is 205 Å². The van der Waals surface area contributed by atoms with Gasteiger partial charge in [-0.25, -0.2) is 4.79 Å². The number of esters is 1. The number of ether oxygens (including phenoxy) is 1. The average Bonchev–Trinajstić information content (AvgIpc) is 2.75. The summed E-state index contributed by atoms with van der Waals surface area (Å²) in [6, 6.07) is 10.9. The fraction of sp³-hybridized carbons (Fsp3) is 0.0476. The standard InChI is InChI=1S/C21H12Br4N2O3/c1-29-21(28)9-5-3-2-4-8(9)14-10-6-12(22)17(26)15(24)19(10)30-20-11(14)7-13(23)18(27)16(20)25/h2-7,26H,27H2,1H3. The fourth-order valence-electron chi connectivity index (χ4n) is 3.31. The van der Waals surface area contributed by atoms with E-state index in [0.717, 1.165) is 16.5 Å². The van der Waals surface area contributed by atoms with Gasteiger partial charge < -0.3 is 14.9 Å². The predicted octanol–water partition coefficient (Wildman–Crippen LogP) is 7.10. The van der Waals surface area contributed by atoms with E-state index in [2.05, 4.69) is 63.7 Å². The van der Waals surface area contributed by atoms with Crippen molar-refractivity contribution in [2.75, 3.05) is 12.8 Å². The highest BCUT2D eigenvalue weighted by molar-refractivity contribution is 9.11. The highest BCUT2D eigenvalue weighted by Gasteiger charge is 2.26. The first kappa shape index (κ1) is 21.5. The van der Waals surface area contributed by atoms with Crippen molar-refractivity contribution in [3.8, 4) is 22.5 Å². The molecule has 0 radical (unpaired) electrons. The molecule has 2 aromatic rings. The van der Waals surface area contributed by atoms with Crippen LogP contribution in [-0.2, 0) is 4.74 Å². The molecule has 0 aromatic heterocycles. The van der Waals surface area contributed by atoms with Gasteiger partial charge in [0.1, 0.15) is 0 Å². The minimum absolute atomic E-state index is 0.249. The van der Waals surface area contributed by atoms with Crippen LogP contribution >= 0.6 is 63.7 Å². The van der Waals surface area contributed by atoms with Crippen LogP contribution in [0.1, 0.15) is 10.4 Å². The van der Waals surface area contributed by atoms with Crippen LogP contribution in [0.4, 0.5) is 5.69 Å². The Bertz CT molecular complexity index is 1380. The molecule has 0 bridgehead atoms. The molecule has 30 heavy (non-hydrogen) atoms. The number of benzene rings is 3. The molecule has 0 atom stereocenters. The number of nitrogens with two attached hydrogens (primary N) is 1. The summed E-state index contributed by atoms with van der Waals surface area (Å²) in [5, 5.41) is 9.30. The second-order valence-corrected chi connectivity index (χ2v) is 9.70. The molecule has 0 saturated carbocycles. The van der Waals surface area contributed by atoms with Gasteiger partial charge in [0.05, 0.1) is 32.7 Å². The van der Waals surface area contributed by atoms with Crippen molar-refractivity contribution < 1.29 is 13.9 Å². The van der Waals surface area contributed by atoms with Crippen molar-refractivity contribution in [3.63, 3.8) is 0 Å². The normalized spacial score (nSPS) is 11.2. The van der Waals surface area contributed by atoms with Crippen LogP contribution in [0, 0.1) is 5.41 Å². The minimum Gasteiger partial charge on any atom is -0.465 e. The van der Waals surface area contributed by atoms with Crippen LogP contribution in [-0.4, -0.2) is 13.1 Å². The first-order valence-corrected chi connectivity index (χ1v) is 11.7. The summed E-state index contributed by atoms with van der Waals surface area (Å²) in [5.41, 5.74) is 9.74. The highest BCUT2D eigenvalue weighted by Crippen LogP contribution is 2.48. The Balaban J connectivity index is 2.31. The summed E-state index contributed by atoms with van der Waals surface area (Å²) in [4.78, 5) is 12.5. The quantitative estimate of drug-likeness (QED) is 0.137. The molecule has 1 aliphatic heterocycles. The first-order valence-electron chi connectivity index (χ1n) is 8.50. The van der Waals surface area contributed by atoms with Crippen LogP contribution in [0.3, 0.4) is 0 Å². The molecule has 0 amide bonds. The Hall–Kier alpha value is -1.68. The Kier molecular flexibility index (Phi) is 5.82. The molecule has 1 aliphatic carbocycles. The molecule has 5 nitrogen and oxygen atoms in total. The van der Waals surface area contributed by atoms with Gasteiger partial charge >= 0.3 is 5.97 Å². The van der Waals surface area contributed by atoms with Gasteiger partial charge in [-0.2, -0.15) is 0 Å². The van der Waals surface area contributed by atoms with Crippen molar-refractivity contribution in [2.24, 2.45) is 0 Å². The van der Waals surface area contributed by atoms with E-state index >= 15 is 0 Å². The highest BCUT2D eigenvalue weighted by atomic mass is 79.9. The lowest BCUT2D eigenvalue weighted by Crippen LogP contribution is -2.08. The number of hydrogen-bond donors (Lipinski definition) is 2. The van der Waals surface area contributed by atoms with Gasteiger partial charge in [-0.15, -0.1) is 0 Å². The monoisotopic (exact) mass is 656 g/mol. The van der Waals surface area contributed by atoms with E-state index in [0.29, 0.717) is 46.0 Å². The zero-order chi connectivity index (χ0) is 21.7. The van der Waals surface area contributed by atoms with Crippen LogP contribution in [0.5, 0.6) is 0 Å². The number of hydrogen-bond acceptors (Lipinski definition) is 5. The number of carbonyl (C=O) groups is 1. The summed E-state index contributed by atoms with van der Waals surface area (Å²) in [7, 11) is 1.35. The van der Waals surface area contributed by atoms with E-state index in [4.69, 9.17) is 20.3 Å². The fourth-order valence-corrected chi connectivity index (χ4v) is 5.72. The summed E-state index contributed by atoms with van der Waals surface area (Å²) in [5.74, 6) is 0.0179. The largest absolute Gasteiger partial charge is 0.465 e. The molecule has 4 rings (SSSR count). The Morgan fingerprint density at radius 2 is 1.73 bits per heavy atom. The van der Waals surface area contributed by atoms with Crippen molar-refractivity contribution in [2.45, 2.75) is 0 Å². The van der Waals surface area contributed by atoms with Crippen LogP contribution in [0.2, 0.25) is 0 Å². The van der Waals surface area contributed by atoms with E-state index in [9.17, 15) is 4.79 Å². The number of carbonyl (C=O) groups excluding carboxylic acids is 1. The Morgan fingerprint density at radius 1 is 1.03 bits per heavy atom. The van der Waals surface area contributed by atoms with Crippen molar-refractivity contribution in [1.29, 1.82) is 5.41 Å². The van der Waals surface area contributed by atoms with E-state index in [1.807, 2.05) is 24.3 Å². The molecule has 152 valence electrons. The summed E-state index contributed by atoms with van der Waals surface area (Å²) < 4.78 is 13.6. The topological polar surface area (TPSA) is 89.3 Å².